The van der Waals surface area contributed by atoms with Gasteiger partial charge in [0.2, 0.25) is 5.91 Å². The van der Waals surface area contributed by atoms with Gasteiger partial charge in [-0.05, 0) is 24.3 Å². The number of carbonyl (C=O) groups is 2. The summed E-state index contributed by atoms with van der Waals surface area (Å²) in [6.07, 6.45) is 0.620. The molecule has 1 aromatic carbocycles. The maximum Gasteiger partial charge on any atom is 0.303 e. The fraction of sp³-hybridized carbons (Fsp3) is 0.333. The highest BCUT2D eigenvalue weighted by Gasteiger charge is 2.06. The van der Waals surface area contributed by atoms with Crippen LogP contribution in [0.5, 0.6) is 0 Å². The SMILES string of the molecule is O=C(O)CCCSCC(=O)Nc1ccccc1F. The zero-order chi connectivity index (χ0) is 13.4. The average molecular weight is 271 g/mol. The summed E-state index contributed by atoms with van der Waals surface area (Å²) < 4.78 is 13.2. The van der Waals surface area contributed by atoms with Gasteiger partial charge in [0.15, 0.2) is 0 Å². The number of hydrogen-bond donors (Lipinski definition) is 2. The highest BCUT2D eigenvalue weighted by molar-refractivity contribution is 7.99. The number of hydrogen-bond acceptors (Lipinski definition) is 3. The zero-order valence-corrected chi connectivity index (χ0v) is 10.5. The summed E-state index contributed by atoms with van der Waals surface area (Å²) in [6.45, 7) is 0. The molecule has 0 bridgehead atoms. The first kappa shape index (κ1) is 14.5. The van der Waals surface area contributed by atoms with Crippen LogP contribution in [-0.4, -0.2) is 28.5 Å². The van der Waals surface area contributed by atoms with E-state index in [1.165, 1.54) is 23.9 Å². The smallest absolute Gasteiger partial charge is 0.303 e. The van der Waals surface area contributed by atoms with Crippen molar-refractivity contribution in [1.29, 1.82) is 0 Å². The lowest BCUT2D eigenvalue weighted by Crippen LogP contribution is -2.15. The summed E-state index contributed by atoms with van der Waals surface area (Å²) in [5.41, 5.74) is 0.161. The maximum absolute atomic E-state index is 13.2. The lowest BCUT2D eigenvalue weighted by molar-refractivity contribution is -0.137. The monoisotopic (exact) mass is 271 g/mol. The zero-order valence-electron chi connectivity index (χ0n) is 9.69. The second kappa shape index (κ2) is 7.71. The van der Waals surface area contributed by atoms with Gasteiger partial charge in [-0.15, -0.1) is 0 Å². The van der Waals surface area contributed by atoms with Crippen molar-refractivity contribution in [3.05, 3.63) is 30.1 Å². The molecule has 0 aliphatic carbocycles. The Bertz CT molecular complexity index is 426. The summed E-state index contributed by atoms with van der Waals surface area (Å²) in [6, 6.07) is 5.95. The molecule has 0 spiro atoms. The van der Waals surface area contributed by atoms with Gasteiger partial charge in [0, 0.05) is 6.42 Å². The molecule has 0 aliphatic heterocycles. The molecular formula is C12H14FNO3S. The molecule has 2 N–H and O–H groups in total. The minimum Gasteiger partial charge on any atom is -0.481 e. The molecule has 1 rings (SSSR count). The summed E-state index contributed by atoms with van der Waals surface area (Å²) in [5.74, 6) is -0.821. The minimum atomic E-state index is -0.841. The van der Waals surface area contributed by atoms with Gasteiger partial charge in [-0.3, -0.25) is 9.59 Å². The van der Waals surface area contributed by atoms with Gasteiger partial charge in [0.1, 0.15) is 5.82 Å². The number of carboxylic acid groups (broad SMARTS) is 1. The Balaban J connectivity index is 2.22. The van der Waals surface area contributed by atoms with Gasteiger partial charge in [0.05, 0.1) is 11.4 Å². The number of anilines is 1. The molecule has 0 fully saturated rings. The van der Waals surface area contributed by atoms with Crippen molar-refractivity contribution < 1.29 is 19.1 Å². The van der Waals surface area contributed by atoms with E-state index in [1.807, 2.05) is 0 Å². The maximum atomic E-state index is 13.2. The van der Waals surface area contributed by atoms with E-state index in [2.05, 4.69) is 5.32 Å². The predicted molar refractivity (Wildman–Crippen MR) is 69.2 cm³/mol. The Morgan fingerprint density at radius 3 is 2.72 bits per heavy atom. The topological polar surface area (TPSA) is 66.4 Å². The summed E-state index contributed by atoms with van der Waals surface area (Å²) in [5, 5.41) is 10.9. The standard InChI is InChI=1S/C12H14FNO3S/c13-9-4-1-2-5-10(9)14-11(15)8-18-7-3-6-12(16)17/h1-2,4-5H,3,6-8H2,(H,14,15)(H,16,17). The van der Waals surface area contributed by atoms with Crippen molar-refractivity contribution in [2.24, 2.45) is 0 Å². The number of para-hydroxylation sites is 1. The second-order valence-electron chi connectivity index (χ2n) is 3.58. The van der Waals surface area contributed by atoms with E-state index in [0.717, 1.165) is 0 Å². The number of amides is 1. The highest BCUT2D eigenvalue weighted by Crippen LogP contribution is 2.13. The van der Waals surface area contributed by atoms with E-state index in [1.54, 1.807) is 12.1 Å². The Kier molecular flexibility index (Phi) is 6.21. The number of aliphatic carboxylic acids is 1. The van der Waals surface area contributed by atoms with Crippen molar-refractivity contribution >= 4 is 29.3 Å². The van der Waals surface area contributed by atoms with Crippen LogP contribution in [-0.2, 0) is 9.59 Å². The van der Waals surface area contributed by atoms with E-state index in [9.17, 15) is 14.0 Å². The predicted octanol–water partition coefficient (Wildman–Crippen LogP) is 2.36. The Hall–Kier alpha value is -1.56. The van der Waals surface area contributed by atoms with Crippen LogP contribution in [0.15, 0.2) is 24.3 Å². The van der Waals surface area contributed by atoms with Crippen LogP contribution in [0.25, 0.3) is 0 Å². The Morgan fingerprint density at radius 1 is 1.33 bits per heavy atom. The van der Waals surface area contributed by atoms with E-state index in [4.69, 9.17) is 5.11 Å². The number of carbonyl (C=O) groups excluding carboxylic acids is 1. The van der Waals surface area contributed by atoms with E-state index < -0.39 is 11.8 Å². The highest BCUT2D eigenvalue weighted by atomic mass is 32.2. The van der Waals surface area contributed by atoms with Crippen LogP contribution in [0.2, 0.25) is 0 Å². The molecule has 0 atom stereocenters. The fourth-order valence-electron chi connectivity index (χ4n) is 1.24. The number of thioether (sulfide) groups is 1. The van der Waals surface area contributed by atoms with Crippen molar-refractivity contribution in [3.63, 3.8) is 0 Å². The number of halogens is 1. The molecule has 1 aromatic rings. The van der Waals surface area contributed by atoms with Gasteiger partial charge in [-0.1, -0.05) is 12.1 Å². The third-order valence-electron chi connectivity index (χ3n) is 2.06. The van der Waals surface area contributed by atoms with Crippen molar-refractivity contribution in [1.82, 2.24) is 0 Å². The third-order valence-corrected chi connectivity index (χ3v) is 3.10. The van der Waals surface area contributed by atoms with Crippen LogP contribution in [0.1, 0.15) is 12.8 Å². The molecular weight excluding hydrogens is 257 g/mol. The molecule has 0 heterocycles. The first-order valence-electron chi connectivity index (χ1n) is 5.43. The fourth-order valence-corrected chi connectivity index (χ4v) is 1.99. The van der Waals surface area contributed by atoms with E-state index >= 15 is 0 Å². The number of benzene rings is 1. The van der Waals surface area contributed by atoms with Crippen LogP contribution in [0.4, 0.5) is 10.1 Å². The largest absolute Gasteiger partial charge is 0.481 e. The second-order valence-corrected chi connectivity index (χ2v) is 4.68. The van der Waals surface area contributed by atoms with E-state index in [-0.39, 0.29) is 23.8 Å². The van der Waals surface area contributed by atoms with Crippen LogP contribution < -0.4 is 5.32 Å². The average Bonchev–Trinajstić information content (AvgIpc) is 2.31. The third kappa shape index (κ3) is 5.67. The summed E-state index contributed by atoms with van der Waals surface area (Å²) in [7, 11) is 0. The molecule has 0 aromatic heterocycles. The molecule has 0 radical (unpaired) electrons. The van der Waals surface area contributed by atoms with Crippen molar-refractivity contribution in [2.75, 3.05) is 16.8 Å². The van der Waals surface area contributed by atoms with Crippen molar-refractivity contribution in [2.45, 2.75) is 12.8 Å². The Labute approximate surface area is 109 Å². The Morgan fingerprint density at radius 2 is 2.06 bits per heavy atom. The minimum absolute atomic E-state index is 0.0991. The quantitative estimate of drug-likeness (QED) is 0.747. The molecule has 0 saturated heterocycles. The van der Waals surface area contributed by atoms with Crippen LogP contribution >= 0.6 is 11.8 Å². The number of carboxylic acids is 1. The van der Waals surface area contributed by atoms with Gasteiger partial charge in [0.25, 0.3) is 0 Å². The van der Waals surface area contributed by atoms with Crippen LogP contribution in [0.3, 0.4) is 0 Å². The van der Waals surface area contributed by atoms with E-state index in [0.29, 0.717) is 12.2 Å². The number of nitrogens with one attached hydrogen (secondary N) is 1. The van der Waals surface area contributed by atoms with Gasteiger partial charge >= 0.3 is 5.97 Å². The molecule has 6 heteroatoms. The lowest BCUT2D eigenvalue weighted by atomic mass is 10.3. The van der Waals surface area contributed by atoms with Gasteiger partial charge < -0.3 is 10.4 Å². The molecule has 98 valence electrons. The van der Waals surface area contributed by atoms with Gasteiger partial charge in [-0.2, -0.15) is 11.8 Å². The van der Waals surface area contributed by atoms with Crippen LogP contribution in [0, 0.1) is 5.82 Å². The molecule has 0 saturated carbocycles. The summed E-state index contributed by atoms with van der Waals surface area (Å²) >= 11 is 1.33. The summed E-state index contributed by atoms with van der Waals surface area (Å²) in [4.78, 5) is 21.7. The van der Waals surface area contributed by atoms with Gasteiger partial charge in [-0.25, -0.2) is 4.39 Å². The lowest BCUT2D eigenvalue weighted by Gasteiger charge is -2.05. The molecule has 18 heavy (non-hydrogen) atoms. The van der Waals surface area contributed by atoms with Crippen molar-refractivity contribution in [3.8, 4) is 0 Å². The number of rotatable bonds is 7. The molecule has 1 amide bonds. The first-order valence-corrected chi connectivity index (χ1v) is 6.59. The molecule has 4 nitrogen and oxygen atoms in total. The molecule has 0 unspecified atom stereocenters. The normalized spacial score (nSPS) is 10.1. The molecule has 0 aliphatic rings. The first-order chi connectivity index (χ1) is 8.59.